The first kappa shape index (κ1) is 23.7. The summed E-state index contributed by atoms with van der Waals surface area (Å²) >= 11 is 0. The van der Waals surface area contributed by atoms with Gasteiger partial charge in [0.05, 0.1) is 6.54 Å². The standard InChI is InChI=1S/C20H33N5O.HI/c1-6-21-19(23-15-20(2,3)24(4)5)22-14-16-9-11-17(12-10-16)25-13-7-8-18(25)26;/h9-12H,6-8,13-15H2,1-5H3,(H2,21,22,23);1H. The Hall–Kier alpha value is -1.35. The van der Waals surface area contributed by atoms with E-state index in [0.29, 0.717) is 13.0 Å². The highest BCUT2D eigenvalue weighted by Gasteiger charge is 2.21. The van der Waals surface area contributed by atoms with E-state index in [0.717, 1.165) is 43.3 Å². The van der Waals surface area contributed by atoms with Gasteiger partial charge in [0.15, 0.2) is 5.96 Å². The molecule has 0 aromatic heterocycles. The van der Waals surface area contributed by atoms with Gasteiger partial charge in [-0.1, -0.05) is 12.1 Å². The normalized spacial score (nSPS) is 15.1. The molecule has 1 aliphatic rings. The number of anilines is 1. The predicted molar refractivity (Wildman–Crippen MR) is 124 cm³/mol. The van der Waals surface area contributed by atoms with Gasteiger partial charge < -0.3 is 20.4 Å². The van der Waals surface area contributed by atoms with Gasteiger partial charge in [-0.2, -0.15) is 0 Å². The summed E-state index contributed by atoms with van der Waals surface area (Å²) in [5, 5.41) is 6.71. The SMILES string of the molecule is CCNC(=NCc1ccc(N2CCCC2=O)cc1)NCC(C)(C)N(C)C.I. The number of halogens is 1. The zero-order chi connectivity index (χ0) is 19.2. The third-order valence-electron chi connectivity index (χ3n) is 4.98. The number of nitrogens with zero attached hydrogens (tertiary/aromatic N) is 3. The second kappa shape index (κ2) is 10.8. The largest absolute Gasteiger partial charge is 0.357 e. The topological polar surface area (TPSA) is 60.0 Å². The van der Waals surface area contributed by atoms with E-state index in [1.165, 1.54) is 0 Å². The Morgan fingerprint density at radius 2 is 1.89 bits per heavy atom. The predicted octanol–water partition coefficient (Wildman–Crippen LogP) is 2.83. The smallest absolute Gasteiger partial charge is 0.227 e. The zero-order valence-corrected chi connectivity index (χ0v) is 19.5. The molecule has 152 valence electrons. The summed E-state index contributed by atoms with van der Waals surface area (Å²) in [5.41, 5.74) is 2.16. The minimum Gasteiger partial charge on any atom is -0.357 e. The molecular weight excluding hydrogens is 453 g/mol. The molecule has 1 fully saturated rings. The molecule has 1 aliphatic heterocycles. The highest BCUT2D eigenvalue weighted by molar-refractivity contribution is 14.0. The van der Waals surface area contributed by atoms with E-state index in [1.807, 2.05) is 17.0 Å². The number of benzene rings is 1. The first-order valence-electron chi connectivity index (χ1n) is 9.42. The summed E-state index contributed by atoms with van der Waals surface area (Å²) in [6.07, 6.45) is 1.61. The lowest BCUT2D eigenvalue weighted by Gasteiger charge is -2.33. The molecule has 0 unspecified atom stereocenters. The lowest BCUT2D eigenvalue weighted by molar-refractivity contribution is -0.117. The van der Waals surface area contributed by atoms with Crippen molar-refractivity contribution in [1.29, 1.82) is 0 Å². The molecule has 27 heavy (non-hydrogen) atoms. The van der Waals surface area contributed by atoms with E-state index < -0.39 is 0 Å². The number of hydrogen-bond donors (Lipinski definition) is 2. The molecule has 1 amide bonds. The van der Waals surface area contributed by atoms with E-state index in [4.69, 9.17) is 0 Å². The number of rotatable bonds is 7. The van der Waals surface area contributed by atoms with Crippen LogP contribution in [0.25, 0.3) is 0 Å². The second-order valence-electron chi connectivity index (χ2n) is 7.57. The van der Waals surface area contributed by atoms with Gasteiger partial charge >= 0.3 is 0 Å². The van der Waals surface area contributed by atoms with E-state index in [1.54, 1.807) is 0 Å². The Morgan fingerprint density at radius 3 is 2.41 bits per heavy atom. The number of carbonyl (C=O) groups is 1. The first-order valence-corrected chi connectivity index (χ1v) is 9.42. The summed E-state index contributed by atoms with van der Waals surface area (Å²) in [7, 11) is 4.16. The third-order valence-corrected chi connectivity index (χ3v) is 4.98. The number of hydrogen-bond acceptors (Lipinski definition) is 3. The van der Waals surface area contributed by atoms with Crippen molar-refractivity contribution in [2.75, 3.05) is 38.6 Å². The Morgan fingerprint density at radius 1 is 1.22 bits per heavy atom. The van der Waals surface area contributed by atoms with E-state index in [-0.39, 0.29) is 35.4 Å². The zero-order valence-electron chi connectivity index (χ0n) is 17.2. The van der Waals surface area contributed by atoms with Crippen LogP contribution in [0.3, 0.4) is 0 Å². The molecule has 0 bridgehead atoms. The van der Waals surface area contributed by atoms with E-state index >= 15 is 0 Å². The molecule has 2 rings (SSSR count). The number of amides is 1. The van der Waals surface area contributed by atoms with E-state index in [2.05, 4.69) is 67.5 Å². The Bertz CT molecular complexity index is 628. The quantitative estimate of drug-likeness (QED) is 0.353. The van der Waals surface area contributed by atoms with Gasteiger partial charge in [0.1, 0.15) is 0 Å². The van der Waals surface area contributed by atoms with Crippen LogP contribution in [-0.4, -0.2) is 56.0 Å². The molecule has 1 saturated heterocycles. The molecule has 0 radical (unpaired) electrons. The molecule has 0 atom stereocenters. The number of carbonyl (C=O) groups excluding carboxylic acids is 1. The fraction of sp³-hybridized carbons (Fsp3) is 0.600. The number of guanidine groups is 1. The van der Waals surface area contributed by atoms with Crippen LogP contribution in [0.4, 0.5) is 5.69 Å². The Balaban J connectivity index is 0.00000364. The third kappa shape index (κ3) is 6.95. The summed E-state index contributed by atoms with van der Waals surface area (Å²) in [6.45, 7) is 9.52. The minimum atomic E-state index is 0. The van der Waals surface area contributed by atoms with Crippen LogP contribution in [0.15, 0.2) is 29.3 Å². The van der Waals surface area contributed by atoms with Crippen molar-refractivity contribution in [3.05, 3.63) is 29.8 Å². The van der Waals surface area contributed by atoms with Crippen LogP contribution < -0.4 is 15.5 Å². The van der Waals surface area contributed by atoms with Gasteiger partial charge in [-0.3, -0.25) is 4.79 Å². The Labute approximate surface area is 180 Å². The van der Waals surface area contributed by atoms with Crippen LogP contribution in [0.5, 0.6) is 0 Å². The van der Waals surface area contributed by atoms with Crippen molar-refractivity contribution < 1.29 is 4.79 Å². The molecular formula is C20H34IN5O. The van der Waals surface area contributed by atoms with Crippen LogP contribution in [0, 0.1) is 0 Å². The van der Waals surface area contributed by atoms with E-state index in [9.17, 15) is 4.79 Å². The minimum absolute atomic E-state index is 0. The number of aliphatic imine (C=N–C) groups is 1. The molecule has 6 nitrogen and oxygen atoms in total. The lowest BCUT2D eigenvalue weighted by atomic mass is 10.0. The fourth-order valence-electron chi connectivity index (χ4n) is 2.67. The first-order chi connectivity index (χ1) is 12.3. The molecule has 1 aromatic rings. The fourth-order valence-corrected chi connectivity index (χ4v) is 2.67. The lowest BCUT2D eigenvalue weighted by Crippen LogP contribution is -2.50. The van der Waals surface area contributed by atoms with Crippen LogP contribution in [0.2, 0.25) is 0 Å². The Kier molecular flexibility index (Phi) is 9.52. The van der Waals surface area contributed by atoms with Crippen LogP contribution >= 0.6 is 24.0 Å². The molecule has 0 saturated carbocycles. The van der Waals surface area contributed by atoms with Gasteiger partial charge in [-0.25, -0.2) is 4.99 Å². The van der Waals surface area contributed by atoms with Gasteiger partial charge in [0.25, 0.3) is 0 Å². The maximum atomic E-state index is 11.8. The maximum Gasteiger partial charge on any atom is 0.227 e. The van der Waals surface area contributed by atoms with Crippen molar-refractivity contribution >= 4 is 41.5 Å². The van der Waals surface area contributed by atoms with Crippen molar-refractivity contribution in [3.8, 4) is 0 Å². The van der Waals surface area contributed by atoms with Crippen molar-refractivity contribution in [2.45, 2.75) is 45.7 Å². The molecule has 1 aromatic carbocycles. The highest BCUT2D eigenvalue weighted by atomic mass is 127. The summed E-state index contributed by atoms with van der Waals surface area (Å²) in [4.78, 5) is 20.6. The molecule has 1 heterocycles. The molecule has 7 heteroatoms. The average Bonchev–Trinajstić information content (AvgIpc) is 3.04. The highest BCUT2D eigenvalue weighted by Crippen LogP contribution is 2.21. The number of nitrogens with one attached hydrogen (secondary N) is 2. The van der Waals surface area contributed by atoms with Crippen LogP contribution in [-0.2, 0) is 11.3 Å². The van der Waals surface area contributed by atoms with Gasteiger partial charge in [-0.05, 0) is 59.0 Å². The van der Waals surface area contributed by atoms with Crippen LogP contribution in [0.1, 0.15) is 39.2 Å². The van der Waals surface area contributed by atoms with Crippen molar-refractivity contribution in [2.24, 2.45) is 4.99 Å². The maximum absolute atomic E-state index is 11.8. The van der Waals surface area contributed by atoms with Crippen molar-refractivity contribution in [1.82, 2.24) is 15.5 Å². The monoisotopic (exact) mass is 487 g/mol. The molecule has 0 aliphatic carbocycles. The molecule has 0 spiro atoms. The second-order valence-corrected chi connectivity index (χ2v) is 7.57. The summed E-state index contributed by atoms with van der Waals surface area (Å²) in [5.74, 6) is 1.04. The molecule has 2 N–H and O–H groups in total. The van der Waals surface area contributed by atoms with Gasteiger partial charge in [0, 0.05) is 37.3 Å². The number of likely N-dealkylation sites (N-methyl/N-ethyl adjacent to an activating group) is 1. The summed E-state index contributed by atoms with van der Waals surface area (Å²) < 4.78 is 0. The van der Waals surface area contributed by atoms with Gasteiger partial charge in [-0.15, -0.1) is 24.0 Å². The van der Waals surface area contributed by atoms with Gasteiger partial charge in [0.2, 0.25) is 5.91 Å². The average molecular weight is 487 g/mol. The van der Waals surface area contributed by atoms with Crippen molar-refractivity contribution in [3.63, 3.8) is 0 Å². The summed E-state index contributed by atoms with van der Waals surface area (Å²) in [6, 6.07) is 8.14.